The number of pyridine rings is 1. The molecule has 2 heterocycles. The monoisotopic (exact) mass is 732 g/mol. The minimum Gasteiger partial charge on any atom is -0.493 e. The Kier molecular flexibility index (Phi) is 10.6. The standard InChI is InChI=1S/C41H49ClN2O8/c1-25(22-48-34-11-16-43-33-10-5-7-26(2)38(33)34)17-29-18-28-19-35-36(50-24-49-35)21-32(28)40(29)12-14-41(15-13-40,44-31-9-6-8-30(42)20-31)39(46)52-27(3)51-37(45)23-47-4/h6,8-9,11,16,19-21,25-27,29,44H,5,7,10,12-15,17-18,22-24H2,1-4H3/t25-,26-,27?,29?,40?,41?/m1/s1. The van der Waals surface area contributed by atoms with E-state index in [2.05, 4.69) is 36.3 Å². The van der Waals surface area contributed by atoms with Crippen LogP contribution in [0.5, 0.6) is 17.2 Å². The topological polar surface area (TPSA) is 114 Å². The van der Waals surface area contributed by atoms with Gasteiger partial charge in [-0.25, -0.2) is 9.59 Å². The molecule has 52 heavy (non-hydrogen) atoms. The number of carbonyl (C=O) groups excluding carboxylic acids is 2. The van der Waals surface area contributed by atoms with Crippen LogP contribution in [0.4, 0.5) is 5.69 Å². The first-order valence-corrected chi connectivity index (χ1v) is 18.9. The van der Waals surface area contributed by atoms with Crippen molar-refractivity contribution >= 4 is 29.2 Å². The van der Waals surface area contributed by atoms with E-state index >= 15 is 0 Å². The summed E-state index contributed by atoms with van der Waals surface area (Å²) in [6, 6.07) is 13.7. The van der Waals surface area contributed by atoms with Crippen molar-refractivity contribution in [1.82, 2.24) is 4.98 Å². The van der Waals surface area contributed by atoms with E-state index in [1.165, 1.54) is 35.9 Å². The van der Waals surface area contributed by atoms with Crippen molar-refractivity contribution in [2.24, 2.45) is 11.8 Å². The van der Waals surface area contributed by atoms with Gasteiger partial charge in [0.05, 0.1) is 6.61 Å². The van der Waals surface area contributed by atoms with E-state index in [1.54, 1.807) is 19.1 Å². The molecule has 10 nitrogen and oxygen atoms in total. The van der Waals surface area contributed by atoms with Gasteiger partial charge < -0.3 is 33.7 Å². The highest BCUT2D eigenvalue weighted by Crippen LogP contribution is 2.58. The highest BCUT2D eigenvalue weighted by atomic mass is 35.5. The number of nitrogens with zero attached hydrogens (tertiary/aromatic N) is 1. The third kappa shape index (κ3) is 7.29. The summed E-state index contributed by atoms with van der Waals surface area (Å²) in [6.45, 7) is 6.68. The van der Waals surface area contributed by atoms with Crippen LogP contribution in [0.1, 0.15) is 94.0 Å². The number of aromatic nitrogens is 1. The molecule has 1 fully saturated rings. The van der Waals surface area contributed by atoms with E-state index in [1.807, 2.05) is 24.4 Å². The maximum atomic E-state index is 14.2. The highest BCUT2D eigenvalue weighted by molar-refractivity contribution is 6.30. The third-order valence-corrected chi connectivity index (χ3v) is 11.8. The van der Waals surface area contributed by atoms with Gasteiger partial charge in [0.2, 0.25) is 13.1 Å². The Balaban J connectivity index is 1.14. The lowest BCUT2D eigenvalue weighted by Gasteiger charge is -2.48. The summed E-state index contributed by atoms with van der Waals surface area (Å²) in [5, 5.41) is 4.08. The van der Waals surface area contributed by atoms with E-state index < -0.39 is 23.8 Å². The molecule has 2 unspecified atom stereocenters. The zero-order valence-corrected chi connectivity index (χ0v) is 31.3. The van der Waals surface area contributed by atoms with Crippen molar-refractivity contribution in [1.29, 1.82) is 0 Å². The zero-order chi connectivity index (χ0) is 36.5. The average molecular weight is 733 g/mol. The van der Waals surface area contributed by atoms with Crippen LogP contribution in [0.15, 0.2) is 48.7 Å². The fourth-order valence-electron chi connectivity index (χ4n) is 9.11. The molecule has 0 saturated heterocycles. The van der Waals surface area contributed by atoms with Gasteiger partial charge in [0.15, 0.2) is 11.5 Å². The molecule has 7 rings (SSSR count). The van der Waals surface area contributed by atoms with Crippen molar-refractivity contribution in [3.63, 3.8) is 0 Å². The van der Waals surface area contributed by atoms with Gasteiger partial charge in [0.1, 0.15) is 17.9 Å². The average Bonchev–Trinajstić information content (AvgIpc) is 3.69. The molecule has 1 N–H and O–H groups in total. The molecule has 0 bridgehead atoms. The molecule has 0 radical (unpaired) electrons. The summed E-state index contributed by atoms with van der Waals surface area (Å²) < 4.78 is 34.3. The van der Waals surface area contributed by atoms with Crippen LogP contribution < -0.4 is 19.5 Å². The molecule has 0 amide bonds. The number of esters is 2. The van der Waals surface area contributed by atoms with E-state index in [4.69, 9.17) is 40.0 Å². The Morgan fingerprint density at radius 2 is 1.85 bits per heavy atom. The molecule has 3 aromatic rings. The Morgan fingerprint density at radius 3 is 2.62 bits per heavy atom. The molecule has 4 aliphatic rings. The minimum atomic E-state index is -1.08. The number of nitrogens with one attached hydrogen (secondary N) is 1. The number of rotatable bonds is 12. The fraction of sp³-hybridized carbons (Fsp3) is 0.537. The van der Waals surface area contributed by atoms with Crippen molar-refractivity contribution in [3.8, 4) is 17.2 Å². The van der Waals surface area contributed by atoms with E-state index in [0.29, 0.717) is 36.3 Å². The van der Waals surface area contributed by atoms with Crippen LogP contribution in [0.25, 0.3) is 0 Å². The first-order chi connectivity index (χ1) is 25.1. The predicted molar refractivity (Wildman–Crippen MR) is 196 cm³/mol. The predicted octanol–water partition coefficient (Wildman–Crippen LogP) is 7.92. The van der Waals surface area contributed by atoms with Gasteiger partial charge in [0, 0.05) is 42.2 Å². The Bertz CT molecular complexity index is 1790. The lowest BCUT2D eigenvalue weighted by Crippen LogP contribution is -2.54. The number of anilines is 1. The highest BCUT2D eigenvalue weighted by Gasteiger charge is 2.55. The van der Waals surface area contributed by atoms with E-state index in [-0.39, 0.29) is 24.7 Å². The molecular weight excluding hydrogens is 684 g/mol. The van der Waals surface area contributed by atoms with Crippen LogP contribution in [0.2, 0.25) is 5.02 Å². The summed E-state index contributed by atoms with van der Waals surface area (Å²) in [5.41, 5.74) is 4.43. The first-order valence-electron chi connectivity index (χ1n) is 18.6. The molecule has 278 valence electrons. The quantitative estimate of drug-likeness (QED) is 0.146. The molecule has 1 saturated carbocycles. The van der Waals surface area contributed by atoms with E-state index in [0.717, 1.165) is 61.5 Å². The van der Waals surface area contributed by atoms with Crippen molar-refractivity contribution in [2.75, 3.05) is 32.4 Å². The molecule has 1 aliphatic heterocycles. The van der Waals surface area contributed by atoms with Crippen molar-refractivity contribution in [2.45, 2.75) is 102 Å². The van der Waals surface area contributed by atoms with Crippen molar-refractivity contribution in [3.05, 3.63) is 76.1 Å². The molecule has 11 heteroatoms. The van der Waals surface area contributed by atoms with Gasteiger partial charge in [-0.2, -0.15) is 0 Å². The molecule has 2 aromatic carbocycles. The second-order valence-corrected chi connectivity index (χ2v) is 15.6. The van der Waals surface area contributed by atoms with Gasteiger partial charge in [-0.3, -0.25) is 4.98 Å². The Morgan fingerprint density at radius 1 is 1.06 bits per heavy atom. The Hall–Kier alpha value is -4.02. The van der Waals surface area contributed by atoms with Crippen LogP contribution in [0, 0.1) is 11.8 Å². The number of halogens is 1. The van der Waals surface area contributed by atoms with E-state index in [9.17, 15) is 9.59 Å². The second-order valence-electron chi connectivity index (χ2n) is 15.1. The SMILES string of the molecule is COCC(=O)OC(C)OC(=O)C1(Nc2cccc(Cl)c2)CCC2(CC1)c1cc3c(cc1CC2C[C@@H](C)COc1ccnc2c1[C@H](C)CCC2)OCO3. The largest absolute Gasteiger partial charge is 0.493 e. The minimum absolute atomic E-state index is 0.203. The maximum Gasteiger partial charge on any atom is 0.335 e. The Labute approximate surface area is 310 Å². The van der Waals surface area contributed by atoms with Crippen LogP contribution in [-0.2, 0) is 42.1 Å². The third-order valence-electron chi connectivity index (χ3n) is 11.6. The van der Waals surface area contributed by atoms with Gasteiger partial charge in [-0.15, -0.1) is 0 Å². The lowest BCUT2D eigenvalue weighted by atomic mass is 9.59. The van der Waals surface area contributed by atoms with Crippen molar-refractivity contribution < 1.29 is 38.0 Å². The smallest absolute Gasteiger partial charge is 0.335 e. The summed E-state index contributed by atoms with van der Waals surface area (Å²) in [6.07, 6.45) is 8.43. The molecule has 1 spiro atoms. The van der Waals surface area contributed by atoms with Gasteiger partial charge in [0.25, 0.3) is 0 Å². The number of ether oxygens (including phenoxy) is 6. The number of hydrogen-bond donors (Lipinski definition) is 1. The van der Waals surface area contributed by atoms with Crippen LogP contribution in [0.3, 0.4) is 0 Å². The molecule has 1 aromatic heterocycles. The number of aryl methyl sites for hydroxylation is 1. The van der Waals surface area contributed by atoms with Crippen LogP contribution >= 0.6 is 11.6 Å². The molecular formula is C41H49ClN2O8. The van der Waals surface area contributed by atoms with Gasteiger partial charge >= 0.3 is 11.9 Å². The van der Waals surface area contributed by atoms with Crippen LogP contribution in [-0.4, -0.2) is 55.9 Å². The summed E-state index contributed by atoms with van der Waals surface area (Å²) in [5.74, 6) is 2.47. The number of hydrogen-bond acceptors (Lipinski definition) is 10. The lowest BCUT2D eigenvalue weighted by molar-refractivity contribution is -0.191. The number of carbonyl (C=O) groups is 2. The fourth-order valence-corrected chi connectivity index (χ4v) is 9.30. The molecule has 4 atom stereocenters. The normalized spacial score (nSPS) is 25.5. The summed E-state index contributed by atoms with van der Waals surface area (Å²) in [4.78, 5) is 30.9. The maximum absolute atomic E-state index is 14.2. The first kappa shape index (κ1) is 36.3. The summed E-state index contributed by atoms with van der Waals surface area (Å²) in [7, 11) is 1.41. The zero-order valence-electron chi connectivity index (χ0n) is 30.5. The number of benzene rings is 2. The van der Waals surface area contributed by atoms with Gasteiger partial charge in [-0.05, 0) is 128 Å². The van der Waals surface area contributed by atoms with Gasteiger partial charge in [-0.1, -0.05) is 31.5 Å². The number of methoxy groups -OCH3 is 1. The molecule has 3 aliphatic carbocycles. The number of fused-ring (bicyclic) bond motifs is 4. The second kappa shape index (κ2) is 15.1. The summed E-state index contributed by atoms with van der Waals surface area (Å²) >= 11 is 6.37.